The molecule has 0 spiro atoms. The zero-order valence-electron chi connectivity index (χ0n) is 13.7. The third kappa shape index (κ3) is 3.09. The van der Waals surface area contributed by atoms with E-state index in [1.165, 1.54) is 12.0 Å². The topological polar surface area (TPSA) is 38.7 Å². The molecule has 1 fully saturated rings. The highest BCUT2D eigenvalue weighted by molar-refractivity contribution is 5.47. The smallest absolute Gasteiger partial charge is 0.127 e. The predicted octanol–water partition coefficient (Wildman–Crippen LogP) is 4.08. The molecular formula is C18H28O3. The number of rotatable bonds is 5. The summed E-state index contributed by atoms with van der Waals surface area (Å²) in [5.41, 5.74) is 2.67. The van der Waals surface area contributed by atoms with E-state index in [2.05, 4.69) is 13.0 Å². The molecule has 2 rings (SSSR count). The molecule has 1 aromatic carbocycles. The van der Waals surface area contributed by atoms with Gasteiger partial charge in [0.25, 0.3) is 0 Å². The number of aliphatic hydroxyl groups is 1. The number of hydrogen-bond acceptors (Lipinski definition) is 3. The lowest BCUT2D eigenvalue weighted by molar-refractivity contribution is -0.142. The van der Waals surface area contributed by atoms with Crippen LogP contribution in [0, 0.1) is 13.8 Å². The Hall–Kier alpha value is -1.06. The Labute approximate surface area is 128 Å². The molecule has 1 unspecified atom stereocenters. The fourth-order valence-corrected chi connectivity index (χ4v) is 3.52. The third-order valence-corrected chi connectivity index (χ3v) is 4.84. The number of methoxy groups -OCH3 is 1. The summed E-state index contributed by atoms with van der Waals surface area (Å²) in [4.78, 5) is 0. The van der Waals surface area contributed by atoms with Gasteiger partial charge in [0.1, 0.15) is 11.9 Å². The summed E-state index contributed by atoms with van der Waals surface area (Å²) in [5.74, 6) is 0.798. The minimum atomic E-state index is -0.632. The Morgan fingerprint density at radius 2 is 1.86 bits per heavy atom. The molecule has 0 saturated heterocycles. The third-order valence-electron chi connectivity index (χ3n) is 4.84. The molecule has 1 N–H and O–H groups in total. The van der Waals surface area contributed by atoms with Crippen molar-refractivity contribution in [2.45, 2.75) is 64.6 Å². The van der Waals surface area contributed by atoms with Crippen molar-refractivity contribution in [1.82, 2.24) is 0 Å². The van der Waals surface area contributed by atoms with Gasteiger partial charge in [-0.3, -0.25) is 0 Å². The van der Waals surface area contributed by atoms with E-state index >= 15 is 0 Å². The van der Waals surface area contributed by atoms with Crippen molar-refractivity contribution in [3.63, 3.8) is 0 Å². The molecule has 1 aliphatic rings. The van der Waals surface area contributed by atoms with Gasteiger partial charge in [-0.1, -0.05) is 31.4 Å². The maximum atomic E-state index is 11.0. The lowest BCUT2D eigenvalue weighted by Crippen LogP contribution is -2.41. The van der Waals surface area contributed by atoms with Gasteiger partial charge in [0.2, 0.25) is 0 Å². The lowest BCUT2D eigenvalue weighted by atomic mass is 9.77. The molecule has 0 radical (unpaired) electrons. The van der Waals surface area contributed by atoms with Gasteiger partial charge in [0.05, 0.1) is 12.7 Å². The van der Waals surface area contributed by atoms with Crippen LogP contribution in [0.1, 0.15) is 61.8 Å². The summed E-state index contributed by atoms with van der Waals surface area (Å²) >= 11 is 0. The Morgan fingerprint density at radius 3 is 2.43 bits per heavy atom. The van der Waals surface area contributed by atoms with E-state index < -0.39 is 11.7 Å². The molecule has 21 heavy (non-hydrogen) atoms. The number of ether oxygens (including phenoxy) is 2. The highest BCUT2D eigenvalue weighted by Gasteiger charge is 2.42. The monoisotopic (exact) mass is 292 g/mol. The van der Waals surface area contributed by atoms with Crippen LogP contribution in [-0.2, 0) is 4.74 Å². The standard InChI is InChI=1S/C18H28O3/c1-5-21-18(11-7-6-8-12-18)17(19)15-10-9-13(2)14(3)16(15)20-4/h9-10,17,19H,5-8,11-12H2,1-4H3. The summed E-state index contributed by atoms with van der Waals surface area (Å²) in [6.45, 7) is 6.73. The van der Waals surface area contributed by atoms with Gasteiger partial charge in [0, 0.05) is 12.2 Å². The van der Waals surface area contributed by atoms with E-state index in [1.54, 1.807) is 7.11 Å². The normalized spacial score (nSPS) is 19.3. The minimum absolute atomic E-state index is 0.456. The van der Waals surface area contributed by atoms with Crippen molar-refractivity contribution in [2.24, 2.45) is 0 Å². The first-order valence-corrected chi connectivity index (χ1v) is 8.02. The largest absolute Gasteiger partial charge is 0.496 e. The van der Waals surface area contributed by atoms with Gasteiger partial charge in [-0.05, 0) is 44.7 Å². The zero-order chi connectivity index (χ0) is 15.5. The highest BCUT2D eigenvalue weighted by Crippen LogP contribution is 2.44. The quantitative estimate of drug-likeness (QED) is 0.888. The van der Waals surface area contributed by atoms with Gasteiger partial charge in [-0.15, -0.1) is 0 Å². The van der Waals surface area contributed by atoms with Crippen molar-refractivity contribution >= 4 is 0 Å². The van der Waals surface area contributed by atoms with Crippen molar-refractivity contribution in [2.75, 3.05) is 13.7 Å². The molecule has 3 heteroatoms. The number of hydrogen-bond donors (Lipinski definition) is 1. The maximum Gasteiger partial charge on any atom is 0.127 e. The summed E-state index contributed by atoms with van der Waals surface area (Å²) < 4.78 is 11.6. The van der Waals surface area contributed by atoms with Crippen molar-refractivity contribution in [1.29, 1.82) is 0 Å². The summed E-state index contributed by atoms with van der Waals surface area (Å²) in [6, 6.07) is 4.04. The Morgan fingerprint density at radius 1 is 1.19 bits per heavy atom. The SMILES string of the molecule is CCOC1(C(O)c2ccc(C)c(C)c2OC)CCCCC1. The minimum Gasteiger partial charge on any atom is -0.496 e. The van der Waals surface area contributed by atoms with Crippen molar-refractivity contribution < 1.29 is 14.6 Å². The van der Waals surface area contributed by atoms with E-state index in [1.807, 2.05) is 19.9 Å². The first kappa shape index (κ1) is 16.3. The van der Waals surface area contributed by atoms with Gasteiger partial charge in [-0.2, -0.15) is 0 Å². The van der Waals surface area contributed by atoms with Crippen LogP contribution in [0.3, 0.4) is 0 Å². The highest BCUT2D eigenvalue weighted by atomic mass is 16.5. The Bertz CT molecular complexity index is 470. The first-order chi connectivity index (χ1) is 10.1. The number of aryl methyl sites for hydroxylation is 1. The Balaban J connectivity index is 2.41. The average molecular weight is 292 g/mol. The van der Waals surface area contributed by atoms with Crippen LogP contribution in [-0.4, -0.2) is 24.4 Å². The van der Waals surface area contributed by atoms with E-state index in [0.29, 0.717) is 6.61 Å². The van der Waals surface area contributed by atoms with E-state index in [4.69, 9.17) is 9.47 Å². The summed E-state index contributed by atoms with van der Waals surface area (Å²) in [6.07, 6.45) is 4.66. The van der Waals surface area contributed by atoms with Gasteiger partial charge < -0.3 is 14.6 Å². The molecular weight excluding hydrogens is 264 g/mol. The van der Waals surface area contributed by atoms with Crippen molar-refractivity contribution in [3.05, 3.63) is 28.8 Å². The molecule has 0 bridgehead atoms. The molecule has 0 amide bonds. The van der Waals surface area contributed by atoms with Crippen LogP contribution in [0.25, 0.3) is 0 Å². The van der Waals surface area contributed by atoms with Crippen LogP contribution >= 0.6 is 0 Å². The van der Waals surface area contributed by atoms with Gasteiger partial charge >= 0.3 is 0 Å². The molecule has 118 valence electrons. The lowest BCUT2D eigenvalue weighted by Gasteiger charge is -2.41. The van der Waals surface area contributed by atoms with Gasteiger partial charge in [0.15, 0.2) is 0 Å². The van der Waals surface area contributed by atoms with E-state index in [0.717, 1.165) is 42.6 Å². The van der Waals surface area contributed by atoms with E-state index in [-0.39, 0.29) is 0 Å². The first-order valence-electron chi connectivity index (χ1n) is 8.02. The molecule has 0 aliphatic heterocycles. The van der Waals surface area contributed by atoms with Crippen LogP contribution in [0.5, 0.6) is 5.75 Å². The second-order valence-electron chi connectivity index (χ2n) is 6.09. The number of benzene rings is 1. The van der Waals surface area contributed by atoms with Crippen LogP contribution in [0.15, 0.2) is 12.1 Å². The predicted molar refractivity (Wildman–Crippen MR) is 84.9 cm³/mol. The fraction of sp³-hybridized carbons (Fsp3) is 0.667. The van der Waals surface area contributed by atoms with Crippen LogP contribution < -0.4 is 4.74 Å². The van der Waals surface area contributed by atoms with Gasteiger partial charge in [-0.25, -0.2) is 0 Å². The second-order valence-corrected chi connectivity index (χ2v) is 6.09. The molecule has 0 heterocycles. The van der Waals surface area contributed by atoms with E-state index in [9.17, 15) is 5.11 Å². The Kier molecular flexibility index (Phi) is 5.28. The molecule has 1 saturated carbocycles. The van der Waals surface area contributed by atoms with Crippen LogP contribution in [0.2, 0.25) is 0 Å². The molecule has 3 nitrogen and oxygen atoms in total. The zero-order valence-corrected chi connectivity index (χ0v) is 13.7. The summed E-state index contributed by atoms with van der Waals surface area (Å²) in [7, 11) is 1.67. The van der Waals surface area contributed by atoms with Crippen LogP contribution in [0.4, 0.5) is 0 Å². The number of aliphatic hydroxyl groups excluding tert-OH is 1. The maximum absolute atomic E-state index is 11.0. The second kappa shape index (κ2) is 6.80. The summed E-state index contributed by atoms with van der Waals surface area (Å²) in [5, 5.41) is 11.0. The fourth-order valence-electron chi connectivity index (χ4n) is 3.52. The molecule has 0 aromatic heterocycles. The molecule has 1 aliphatic carbocycles. The molecule has 1 aromatic rings. The van der Waals surface area contributed by atoms with Crippen molar-refractivity contribution in [3.8, 4) is 5.75 Å². The average Bonchev–Trinajstić information content (AvgIpc) is 2.50. The molecule has 1 atom stereocenters.